The molecule has 0 atom stereocenters. The molecular weight excluding hydrogens is 513 g/mol. The van der Waals surface area contributed by atoms with Crippen LogP contribution in [0.25, 0.3) is 11.3 Å². The minimum Gasteiger partial charge on any atom is -0.495 e. The van der Waals surface area contributed by atoms with E-state index in [1.54, 1.807) is 54.6 Å². The van der Waals surface area contributed by atoms with Gasteiger partial charge in [-0.15, -0.1) is 0 Å². The van der Waals surface area contributed by atoms with Gasteiger partial charge in [0.25, 0.3) is 11.8 Å². The van der Waals surface area contributed by atoms with E-state index in [-0.39, 0.29) is 16.6 Å². The van der Waals surface area contributed by atoms with E-state index in [9.17, 15) is 9.59 Å². The lowest BCUT2D eigenvalue weighted by Gasteiger charge is -2.14. The molecule has 0 fully saturated rings. The Balaban J connectivity index is 1.44. The number of hydrogen-bond acceptors (Lipinski definition) is 6. The van der Waals surface area contributed by atoms with E-state index in [1.165, 1.54) is 19.4 Å². The number of anilines is 2. The average molecular weight is 530 g/mol. The Labute approximate surface area is 215 Å². The van der Waals surface area contributed by atoms with E-state index in [4.69, 9.17) is 49.0 Å². The number of rotatable bonds is 6. The van der Waals surface area contributed by atoms with Crippen molar-refractivity contribution in [3.05, 3.63) is 88.5 Å². The highest BCUT2D eigenvalue weighted by atomic mass is 35.5. The number of hydrogen-bond donors (Lipinski definition) is 3. The van der Waals surface area contributed by atoms with Gasteiger partial charge in [0.2, 0.25) is 0 Å². The first kappa shape index (κ1) is 24.3. The van der Waals surface area contributed by atoms with Gasteiger partial charge in [-0.3, -0.25) is 14.9 Å². The number of nitrogens with one attached hydrogen (secondary N) is 3. The van der Waals surface area contributed by atoms with Crippen molar-refractivity contribution < 1.29 is 23.2 Å². The van der Waals surface area contributed by atoms with Gasteiger partial charge in [-0.25, -0.2) is 0 Å². The smallest absolute Gasteiger partial charge is 0.293 e. The maximum absolute atomic E-state index is 12.6. The van der Waals surface area contributed by atoms with Crippen LogP contribution in [0.15, 0.2) is 75.8 Å². The monoisotopic (exact) mass is 529 g/mol. The summed E-state index contributed by atoms with van der Waals surface area (Å²) in [5, 5.41) is 9.03. The van der Waals surface area contributed by atoms with Crippen LogP contribution in [0, 0.1) is 0 Å². The molecule has 0 bridgehead atoms. The molecule has 2 amide bonds. The van der Waals surface area contributed by atoms with Crippen molar-refractivity contribution in [1.29, 1.82) is 0 Å². The number of amides is 2. The summed E-state index contributed by atoms with van der Waals surface area (Å²) < 4.78 is 16.1. The number of thiocarbonyl (C=S) groups is 1. The van der Waals surface area contributed by atoms with Gasteiger partial charge < -0.3 is 24.2 Å². The van der Waals surface area contributed by atoms with E-state index < -0.39 is 11.8 Å². The van der Waals surface area contributed by atoms with Crippen LogP contribution in [0.1, 0.15) is 21.1 Å². The molecule has 0 unspecified atom stereocenters. The number of carbonyl (C=O) groups excluding carboxylic acids is 2. The summed E-state index contributed by atoms with van der Waals surface area (Å²) >= 11 is 17.5. The van der Waals surface area contributed by atoms with Crippen LogP contribution in [0.4, 0.5) is 11.4 Å². The molecule has 0 aliphatic heterocycles. The van der Waals surface area contributed by atoms with E-state index in [0.717, 1.165) is 0 Å². The van der Waals surface area contributed by atoms with Crippen LogP contribution in [0.2, 0.25) is 10.0 Å². The first-order valence-corrected chi connectivity index (χ1v) is 11.2. The van der Waals surface area contributed by atoms with Crippen LogP contribution in [0.3, 0.4) is 0 Å². The van der Waals surface area contributed by atoms with Crippen LogP contribution in [-0.4, -0.2) is 24.0 Å². The number of benzene rings is 2. The highest BCUT2D eigenvalue weighted by molar-refractivity contribution is 7.80. The number of ether oxygens (including phenoxy) is 1. The highest BCUT2D eigenvalue weighted by Crippen LogP contribution is 2.32. The molecule has 0 spiro atoms. The van der Waals surface area contributed by atoms with Gasteiger partial charge in [0.05, 0.1) is 24.1 Å². The molecule has 0 saturated carbocycles. The fourth-order valence-corrected chi connectivity index (χ4v) is 3.68. The van der Waals surface area contributed by atoms with Crippen molar-refractivity contribution in [1.82, 2.24) is 5.32 Å². The second-order valence-electron chi connectivity index (χ2n) is 7.04. The lowest BCUT2D eigenvalue weighted by molar-refractivity contribution is 0.0950. The Morgan fingerprint density at radius 1 is 0.943 bits per heavy atom. The standard InChI is InChI=1S/C24H17Cl2N3O5S/c1-32-19-7-5-14(27-22(30)20-3-2-10-33-20)12-17(19)28-24(35)29-23(31)21-9-8-18(34-21)15-11-13(25)4-6-16(15)26/h2-12H,1H3,(H,27,30)(H2,28,29,31,35). The zero-order valence-electron chi connectivity index (χ0n) is 18.1. The molecule has 0 radical (unpaired) electrons. The topological polar surface area (TPSA) is 106 Å². The van der Waals surface area contributed by atoms with Crippen LogP contribution < -0.4 is 20.7 Å². The summed E-state index contributed by atoms with van der Waals surface area (Å²) in [6.45, 7) is 0. The molecule has 11 heteroatoms. The van der Waals surface area contributed by atoms with E-state index in [1.807, 2.05) is 0 Å². The van der Waals surface area contributed by atoms with E-state index in [0.29, 0.717) is 38.5 Å². The van der Waals surface area contributed by atoms with Crippen molar-refractivity contribution in [3.63, 3.8) is 0 Å². The fraction of sp³-hybridized carbons (Fsp3) is 0.0417. The molecule has 0 saturated heterocycles. The first-order valence-electron chi connectivity index (χ1n) is 10.0. The first-order chi connectivity index (χ1) is 16.8. The average Bonchev–Trinajstić information content (AvgIpc) is 3.53. The molecular formula is C24H17Cl2N3O5S. The normalized spacial score (nSPS) is 10.5. The van der Waals surface area contributed by atoms with Crippen molar-refractivity contribution in [3.8, 4) is 17.1 Å². The summed E-state index contributed by atoms with van der Waals surface area (Å²) in [4.78, 5) is 24.9. The molecule has 35 heavy (non-hydrogen) atoms. The fourth-order valence-electron chi connectivity index (χ4n) is 3.09. The van der Waals surface area contributed by atoms with E-state index >= 15 is 0 Å². The minimum absolute atomic E-state index is 0.0125. The zero-order chi connectivity index (χ0) is 24.9. The van der Waals surface area contributed by atoms with Gasteiger partial charge in [0.15, 0.2) is 16.6 Å². The number of furan rings is 2. The Morgan fingerprint density at radius 2 is 1.77 bits per heavy atom. The summed E-state index contributed by atoms with van der Waals surface area (Å²) in [6, 6.07) is 16.1. The second-order valence-corrected chi connectivity index (χ2v) is 8.29. The highest BCUT2D eigenvalue weighted by Gasteiger charge is 2.17. The van der Waals surface area contributed by atoms with Crippen molar-refractivity contribution in [2.45, 2.75) is 0 Å². The van der Waals surface area contributed by atoms with E-state index in [2.05, 4.69) is 16.0 Å². The Kier molecular flexibility index (Phi) is 7.40. The van der Waals surface area contributed by atoms with Crippen molar-refractivity contribution >= 4 is 63.7 Å². The predicted molar refractivity (Wildman–Crippen MR) is 138 cm³/mol. The Morgan fingerprint density at radius 3 is 2.51 bits per heavy atom. The lowest BCUT2D eigenvalue weighted by atomic mass is 10.2. The number of halogens is 2. The zero-order valence-corrected chi connectivity index (χ0v) is 20.4. The third-order valence-corrected chi connectivity index (χ3v) is 5.47. The molecule has 0 aliphatic carbocycles. The summed E-state index contributed by atoms with van der Waals surface area (Å²) in [7, 11) is 1.48. The maximum atomic E-state index is 12.6. The molecule has 0 aliphatic rings. The van der Waals surface area contributed by atoms with Gasteiger partial charge >= 0.3 is 0 Å². The SMILES string of the molecule is COc1ccc(NC(=O)c2ccco2)cc1NC(=S)NC(=O)c1ccc(-c2cc(Cl)ccc2Cl)o1. The molecule has 2 aromatic carbocycles. The molecule has 2 heterocycles. The number of carbonyl (C=O) groups is 2. The Hall–Kier alpha value is -3.79. The predicted octanol–water partition coefficient (Wildman–Crippen LogP) is 6.23. The maximum Gasteiger partial charge on any atom is 0.293 e. The lowest BCUT2D eigenvalue weighted by Crippen LogP contribution is -2.34. The van der Waals surface area contributed by atoms with Gasteiger partial charge in [-0.2, -0.15) is 0 Å². The van der Waals surface area contributed by atoms with Crippen molar-refractivity contribution in [2.75, 3.05) is 17.7 Å². The van der Waals surface area contributed by atoms with Gasteiger partial charge in [-0.05, 0) is 72.9 Å². The third-order valence-electron chi connectivity index (χ3n) is 4.70. The molecule has 178 valence electrons. The van der Waals surface area contributed by atoms with Crippen LogP contribution in [-0.2, 0) is 0 Å². The number of methoxy groups -OCH3 is 1. The minimum atomic E-state index is -0.576. The van der Waals surface area contributed by atoms with Gasteiger partial charge in [0.1, 0.15) is 11.5 Å². The Bertz CT molecular complexity index is 1400. The van der Waals surface area contributed by atoms with Gasteiger partial charge in [0, 0.05) is 16.3 Å². The molecule has 3 N–H and O–H groups in total. The molecule has 2 aromatic heterocycles. The van der Waals surface area contributed by atoms with Crippen LogP contribution >= 0.6 is 35.4 Å². The molecule has 4 rings (SSSR count). The van der Waals surface area contributed by atoms with Crippen LogP contribution in [0.5, 0.6) is 5.75 Å². The third kappa shape index (κ3) is 5.83. The summed E-state index contributed by atoms with van der Waals surface area (Å²) in [5.74, 6) is 0.00172. The summed E-state index contributed by atoms with van der Waals surface area (Å²) in [5.41, 5.74) is 1.43. The summed E-state index contributed by atoms with van der Waals surface area (Å²) in [6.07, 6.45) is 1.41. The molecule has 8 nitrogen and oxygen atoms in total. The second kappa shape index (κ2) is 10.6. The largest absolute Gasteiger partial charge is 0.495 e. The quantitative estimate of drug-likeness (QED) is 0.254. The van der Waals surface area contributed by atoms with Gasteiger partial charge in [-0.1, -0.05) is 23.2 Å². The molecule has 4 aromatic rings. The van der Waals surface area contributed by atoms with Crippen molar-refractivity contribution in [2.24, 2.45) is 0 Å².